The second kappa shape index (κ2) is 5.92. The quantitative estimate of drug-likeness (QED) is 0.823. The van der Waals surface area contributed by atoms with Crippen LogP contribution in [0.4, 0.5) is 0 Å². The van der Waals surface area contributed by atoms with E-state index < -0.39 is 0 Å². The molecule has 0 saturated heterocycles. The van der Waals surface area contributed by atoms with E-state index in [0.717, 1.165) is 26.6 Å². The minimum Gasteiger partial charge on any atom is -0.307 e. The number of hydrogen-bond acceptors (Lipinski definition) is 3. The highest BCUT2D eigenvalue weighted by atomic mass is 79.9. The molecule has 0 unspecified atom stereocenters. The van der Waals surface area contributed by atoms with Gasteiger partial charge in [0.15, 0.2) is 0 Å². The maximum atomic E-state index is 6.00. The van der Waals surface area contributed by atoms with Crippen molar-refractivity contribution in [3.05, 3.63) is 38.8 Å². The first-order valence-corrected chi connectivity index (χ1v) is 7.99. The molecule has 2 aromatic rings. The first kappa shape index (κ1) is 15.0. The molecule has 19 heavy (non-hydrogen) atoms. The minimum atomic E-state index is 0.119. The molecule has 5 heteroatoms. The van der Waals surface area contributed by atoms with Crippen LogP contribution in [0.1, 0.15) is 25.6 Å². The Bertz CT molecular complexity index is 575. The second-order valence-corrected chi connectivity index (χ2v) is 7.74. The zero-order valence-electron chi connectivity index (χ0n) is 11.1. The molecule has 102 valence electrons. The van der Waals surface area contributed by atoms with Crippen LogP contribution in [-0.2, 0) is 6.54 Å². The van der Waals surface area contributed by atoms with Gasteiger partial charge in [0.1, 0.15) is 5.01 Å². The van der Waals surface area contributed by atoms with Crippen LogP contribution in [0.15, 0.2) is 28.9 Å². The molecule has 0 bridgehead atoms. The van der Waals surface area contributed by atoms with E-state index in [1.165, 1.54) is 4.88 Å². The lowest BCUT2D eigenvalue weighted by Gasteiger charge is -2.19. The van der Waals surface area contributed by atoms with E-state index in [-0.39, 0.29) is 5.54 Å². The van der Waals surface area contributed by atoms with Gasteiger partial charge >= 0.3 is 0 Å². The standard InChI is InChI=1S/C14H16BrClN2S/c1-14(2,3)18-8-10-7-17-13(19-10)9-4-5-12(16)11(15)6-9/h4-7,18H,8H2,1-3H3. The van der Waals surface area contributed by atoms with Crippen molar-refractivity contribution in [2.75, 3.05) is 0 Å². The maximum Gasteiger partial charge on any atom is 0.123 e. The molecule has 0 aliphatic carbocycles. The van der Waals surface area contributed by atoms with Crippen molar-refractivity contribution < 1.29 is 0 Å². The molecule has 0 fully saturated rings. The van der Waals surface area contributed by atoms with Crippen LogP contribution in [0.25, 0.3) is 10.6 Å². The Hall–Kier alpha value is -0.420. The van der Waals surface area contributed by atoms with Crippen molar-refractivity contribution in [3.63, 3.8) is 0 Å². The summed E-state index contributed by atoms with van der Waals surface area (Å²) in [6.45, 7) is 7.32. The Morgan fingerprint density at radius 1 is 1.37 bits per heavy atom. The van der Waals surface area contributed by atoms with Gasteiger partial charge in [-0.05, 0) is 48.8 Å². The Balaban J connectivity index is 2.14. The fourth-order valence-electron chi connectivity index (χ4n) is 1.50. The van der Waals surface area contributed by atoms with Crippen LogP contribution in [0.3, 0.4) is 0 Å². The summed E-state index contributed by atoms with van der Waals surface area (Å²) in [7, 11) is 0. The van der Waals surface area contributed by atoms with Crippen LogP contribution >= 0.6 is 38.9 Å². The lowest BCUT2D eigenvalue weighted by atomic mass is 10.1. The first-order valence-electron chi connectivity index (χ1n) is 6.00. The van der Waals surface area contributed by atoms with Crippen molar-refractivity contribution in [1.82, 2.24) is 10.3 Å². The van der Waals surface area contributed by atoms with E-state index in [2.05, 4.69) is 47.0 Å². The van der Waals surface area contributed by atoms with Gasteiger partial charge in [-0.15, -0.1) is 11.3 Å². The summed E-state index contributed by atoms with van der Waals surface area (Å²) in [4.78, 5) is 5.70. The van der Waals surface area contributed by atoms with Crippen LogP contribution in [0.2, 0.25) is 5.02 Å². The number of halogens is 2. The number of nitrogens with zero attached hydrogens (tertiary/aromatic N) is 1. The zero-order chi connectivity index (χ0) is 14.0. The van der Waals surface area contributed by atoms with Crippen LogP contribution in [0, 0.1) is 0 Å². The van der Waals surface area contributed by atoms with E-state index in [4.69, 9.17) is 11.6 Å². The third-order valence-corrected chi connectivity index (χ3v) is 4.77. The number of rotatable bonds is 3. The van der Waals surface area contributed by atoms with Gasteiger partial charge in [0.25, 0.3) is 0 Å². The number of thiazole rings is 1. The van der Waals surface area contributed by atoms with E-state index >= 15 is 0 Å². The summed E-state index contributed by atoms with van der Waals surface area (Å²) in [5, 5.41) is 5.20. The van der Waals surface area contributed by atoms with Crippen molar-refractivity contribution in [2.24, 2.45) is 0 Å². The van der Waals surface area contributed by atoms with Gasteiger partial charge in [0.2, 0.25) is 0 Å². The average molecular weight is 360 g/mol. The minimum absolute atomic E-state index is 0.119. The molecule has 0 aliphatic rings. The summed E-state index contributed by atoms with van der Waals surface area (Å²) in [6, 6.07) is 5.88. The van der Waals surface area contributed by atoms with Gasteiger partial charge < -0.3 is 5.32 Å². The third kappa shape index (κ3) is 4.28. The van der Waals surface area contributed by atoms with Crippen LogP contribution in [-0.4, -0.2) is 10.5 Å². The average Bonchev–Trinajstić information content (AvgIpc) is 2.78. The van der Waals surface area contributed by atoms with Crippen LogP contribution < -0.4 is 5.32 Å². The fraction of sp³-hybridized carbons (Fsp3) is 0.357. The first-order chi connectivity index (χ1) is 8.85. The molecular weight excluding hydrogens is 344 g/mol. The summed E-state index contributed by atoms with van der Waals surface area (Å²) in [6.07, 6.45) is 1.93. The van der Waals surface area contributed by atoms with Gasteiger partial charge in [-0.2, -0.15) is 0 Å². The van der Waals surface area contributed by atoms with Gasteiger partial charge in [-0.1, -0.05) is 17.7 Å². The van der Waals surface area contributed by atoms with Gasteiger partial charge in [0.05, 0.1) is 5.02 Å². The Morgan fingerprint density at radius 2 is 2.11 bits per heavy atom. The third-order valence-electron chi connectivity index (χ3n) is 2.51. The second-order valence-electron chi connectivity index (χ2n) is 5.36. The SMILES string of the molecule is CC(C)(C)NCc1cnc(-c2ccc(Cl)c(Br)c2)s1. The Morgan fingerprint density at radius 3 is 2.74 bits per heavy atom. The Kier molecular flexibility index (Phi) is 4.66. The highest BCUT2D eigenvalue weighted by molar-refractivity contribution is 9.10. The molecular formula is C14H16BrClN2S. The fourth-order valence-corrected chi connectivity index (χ4v) is 2.85. The van der Waals surface area contributed by atoms with Crippen molar-refractivity contribution in [1.29, 1.82) is 0 Å². The van der Waals surface area contributed by atoms with E-state index in [1.807, 2.05) is 24.4 Å². The maximum absolute atomic E-state index is 6.00. The number of benzene rings is 1. The van der Waals surface area contributed by atoms with E-state index in [9.17, 15) is 0 Å². The molecule has 1 heterocycles. The van der Waals surface area contributed by atoms with Crippen molar-refractivity contribution in [2.45, 2.75) is 32.9 Å². The molecule has 0 amide bonds. The zero-order valence-corrected chi connectivity index (χ0v) is 14.3. The molecule has 1 N–H and O–H groups in total. The largest absolute Gasteiger partial charge is 0.307 e. The monoisotopic (exact) mass is 358 g/mol. The molecule has 1 aromatic carbocycles. The normalized spacial score (nSPS) is 11.8. The van der Waals surface area contributed by atoms with Crippen LogP contribution in [0.5, 0.6) is 0 Å². The van der Waals surface area contributed by atoms with Crippen molar-refractivity contribution >= 4 is 38.9 Å². The number of aromatic nitrogens is 1. The Labute approximate surface area is 131 Å². The predicted molar refractivity (Wildman–Crippen MR) is 86.9 cm³/mol. The van der Waals surface area contributed by atoms with E-state index in [0.29, 0.717) is 0 Å². The number of nitrogens with one attached hydrogen (secondary N) is 1. The molecule has 0 radical (unpaired) electrons. The van der Waals surface area contributed by atoms with Crippen molar-refractivity contribution in [3.8, 4) is 10.6 Å². The summed E-state index contributed by atoms with van der Waals surface area (Å²) < 4.78 is 0.899. The summed E-state index contributed by atoms with van der Waals surface area (Å²) in [5.74, 6) is 0. The van der Waals surface area contributed by atoms with Gasteiger partial charge in [-0.25, -0.2) is 4.98 Å². The van der Waals surface area contributed by atoms with E-state index in [1.54, 1.807) is 11.3 Å². The predicted octanol–water partition coefficient (Wildman–Crippen LogP) is 5.11. The molecule has 2 nitrogen and oxygen atoms in total. The number of hydrogen-bond donors (Lipinski definition) is 1. The molecule has 0 spiro atoms. The molecule has 1 aromatic heterocycles. The molecule has 2 rings (SSSR count). The van der Waals surface area contributed by atoms with Gasteiger partial charge in [-0.3, -0.25) is 0 Å². The molecule has 0 atom stereocenters. The summed E-state index contributed by atoms with van der Waals surface area (Å²) in [5.41, 5.74) is 1.20. The topological polar surface area (TPSA) is 24.9 Å². The smallest absolute Gasteiger partial charge is 0.123 e. The lowest BCUT2D eigenvalue weighted by molar-refractivity contribution is 0.426. The highest BCUT2D eigenvalue weighted by Gasteiger charge is 2.11. The highest BCUT2D eigenvalue weighted by Crippen LogP contribution is 2.31. The lowest BCUT2D eigenvalue weighted by Crippen LogP contribution is -2.34. The molecule has 0 saturated carbocycles. The molecule has 0 aliphatic heterocycles. The summed E-state index contributed by atoms with van der Waals surface area (Å²) >= 11 is 11.1. The van der Waals surface area contributed by atoms with Gasteiger partial charge in [0, 0.05) is 33.2 Å².